The van der Waals surface area contributed by atoms with Crippen molar-refractivity contribution in [1.29, 1.82) is 0 Å². The van der Waals surface area contributed by atoms with Crippen LogP contribution < -0.4 is 10.6 Å². The van der Waals surface area contributed by atoms with Gasteiger partial charge in [0, 0.05) is 12.7 Å². The lowest BCUT2D eigenvalue weighted by molar-refractivity contribution is -0.150. The van der Waals surface area contributed by atoms with E-state index in [1.165, 1.54) is 25.2 Å². The molecule has 2 aliphatic heterocycles. The van der Waals surface area contributed by atoms with E-state index in [2.05, 4.69) is 31.4 Å². The van der Waals surface area contributed by atoms with E-state index in [-0.39, 0.29) is 22.2 Å². The summed E-state index contributed by atoms with van der Waals surface area (Å²) in [6, 6.07) is 3.63. The van der Waals surface area contributed by atoms with Crippen molar-refractivity contribution >= 4 is 41.3 Å². The molecular weight excluding hydrogens is 468 g/mol. The van der Waals surface area contributed by atoms with Crippen molar-refractivity contribution in [3.8, 4) is 0 Å². The quantitative estimate of drug-likeness (QED) is 0.359. The zero-order valence-electron chi connectivity index (χ0n) is 20.8. The zero-order chi connectivity index (χ0) is 26.4. The van der Waals surface area contributed by atoms with Gasteiger partial charge in [-0.1, -0.05) is 20.8 Å². The van der Waals surface area contributed by atoms with Crippen LogP contribution in [0.4, 0.5) is 10.5 Å². The maximum absolute atomic E-state index is 13.0. The van der Waals surface area contributed by atoms with Crippen LogP contribution in [0.25, 0.3) is 0 Å². The lowest BCUT2D eigenvalue weighted by atomic mass is 9.67. The van der Waals surface area contributed by atoms with Gasteiger partial charge in [0.2, 0.25) is 0 Å². The van der Waals surface area contributed by atoms with Gasteiger partial charge in [-0.3, -0.25) is 33.8 Å². The van der Waals surface area contributed by atoms with Crippen LogP contribution in [0, 0.1) is 11.3 Å². The minimum absolute atomic E-state index is 0.112. The van der Waals surface area contributed by atoms with Crippen molar-refractivity contribution in [3.63, 3.8) is 0 Å². The number of nitrogens with one attached hydrogen (secondary N) is 2. The van der Waals surface area contributed by atoms with E-state index < -0.39 is 54.3 Å². The smallest absolute Gasteiger partial charge is 0.326 e. The molecule has 36 heavy (non-hydrogen) atoms. The van der Waals surface area contributed by atoms with Crippen molar-refractivity contribution in [1.82, 2.24) is 15.1 Å². The van der Waals surface area contributed by atoms with E-state index in [0.717, 1.165) is 22.6 Å². The second-order valence-electron chi connectivity index (χ2n) is 10.7. The summed E-state index contributed by atoms with van der Waals surface area (Å²) < 4.78 is 4.97. The number of hydrogen-bond acceptors (Lipinski definition) is 7. The standard InChI is InChI=1S/C25H30N4O7/c1-24(2,3)14-7-9-25(10-8-14)22(34)29(23(35)27-25)12-19(31)36-13-18(30)26-15-5-6-16-17(11-15)21(33)28(4)20(16)32/h5-6,11,14H,7-10,12-13H2,1-4H3,(H,26,30)(H,27,35). The molecule has 1 spiro atoms. The van der Waals surface area contributed by atoms with Crippen LogP contribution in [0.15, 0.2) is 18.2 Å². The van der Waals surface area contributed by atoms with E-state index in [9.17, 15) is 28.8 Å². The minimum Gasteiger partial charge on any atom is -0.454 e. The Morgan fingerprint density at radius 1 is 1.08 bits per heavy atom. The number of imide groups is 2. The summed E-state index contributed by atoms with van der Waals surface area (Å²) in [6.07, 6.45) is 2.62. The summed E-state index contributed by atoms with van der Waals surface area (Å²) in [5.41, 5.74) is -0.211. The molecule has 11 heteroatoms. The van der Waals surface area contributed by atoms with Crippen molar-refractivity contribution in [3.05, 3.63) is 29.3 Å². The second kappa shape index (κ2) is 9.03. The number of urea groups is 1. The van der Waals surface area contributed by atoms with Gasteiger partial charge < -0.3 is 15.4 Å². The van der Waals surface area contributed by atoms with Gasteiger partial charge >= 0.3 is 12.0 Å². The van der Waals surface area contributed by atoms with Crippen molar-refractivity contribution in [2.75, 3.05) is 25.5 Å². The monoisotopic (exact) mass is 498 g/mol. The Labute approximate surface area is 208 Å². The third kappa shape index (κ3) is 4.57. The summed E-state index contributed by atoms with van der Waals surface area (Å²) in [5.74, 6) is -2.48. The fourth-order valence-corrected chi connectivity index (χ4v) is 5.09. The number of carbonyl (C=O) groups is 6. The maximum Gasteiger partial charge on any atom is 0.326 e. The number of benzene rings is 1. The highest BCUT2D eigenvalue weighted by atomic mass is 16.5. The highest BCUT2D eigenvalue weighted by molar-refractivity contribution is 6.21. The van der Waals surface area contributed by atoms with Crippen molar-refractivity contribution in [2.45, 2.75) is 52.0 Å². The fourth-order valence-electron chi connectivity index (χ4n) is 5.09. The van der Waals surface area contributed by atoms with Crippen molar-refractivity contribution < 1.29 is 33.5 Å². The molecule has 2 fully saturated rings. The molecule has 0 bridgehead atoms. The molecule has 1 saturated carbocycles. The van der Waals surface area contributed by atoms with Crippen LogP contribution in [0.3, 0.4) is 0 Å². The zero-order valence-corrected chi connectivity index (χ0v) is 20.8. The number of fused-ring (bicyclic) bond motifs is 1. The first-order valence-corrected chi connectivity index (χ1v) is 11.9. The van der Waals surface area contributed by atoms with Crippen LogP contribution in [0.1, 0.15) is 67.2 Å². The predicted molar refractivity (Wildman–Crippen MR) is 127 cm³/mol. The van der Waals surface area contributed by atoms with Gasteiger partial charge in [-0.2, -0.15) is 0 Å². The molecule has 1 saturated heterocycles. The highest BCUT2D eigenvalue weighted by Gasteiger charge is 2.53. The Hall–Kier alpha value is -3.76. The van der Waals surface area contributed by atoms with Crippen LogP contribution in [-0.4, -0.2) is 71.2 Å². The number of ether oxygens (including phenoxy) is 1. The third-order valence-electron chi connectivity index (χ3n) is 7.33. The fraction of sp³-hybridized carbons (Fsp3) is 0.520. The SMILES string of the molecule is CN1C(=O)c2ccc(NC(=O)COC(=O)CN3C(=O)NC4(CCC(C(C)(C)C)CC4)C3=O)cc2C1=O. The van der Waals surface area contributed by atoms with E-state index in [0.29, 0.717) is 18.8 Å². The Balaban J connectivity index is 1.29. The first kappa shape index (κ1) is 25.3. The van der Waals surface area contributed by atoms with Crippen LogP contribution >= 0.6 is 0 Å². The Kier molecular flexibility index (Phi) is 6.36. The van der Waals surface area contributed by atoms with Crippen LogP contribution in [0.2, 0.25) is 0 Å². The van der Waals surface area contributed by atoms with E-state index in [1.54, 1.807) is 0 Å². The lowest BCUT2D eigenvalue weighted by Crippen LogP contribution is -2.50. The number of rotatable bonds is 5. The summed E-state index contributed by atoms with van der Waals surface area (Å²) >= 11 is 0. The van der Waals surface area contributed by atoms with Gasteiger partial charge in [0.25, 0.3) is 23.6 Å². The predicted octanol–water partition coefficient (Wildman–Crippen LogP) is 1.92. The average Bonchev–Trinajstić information content (AvgIpc) is 3.17. The lowest BCUT2D eigenvalue weighted by Gasteiger charge is -2.40. The maximum atomic E-state index is 13.0. The first-order chi connectivity index (χ1) is 16.8. The summed E-state index contributed by atoms with van der Waals surface area (Å²) in [6.45, 7) is 5.24. The topological polar surface area (TPSA) is 142 Å². The molecule has 1 aliphatic carbocycles. The average molecular weight is 499 g/mol. The van der Waals surface area contributed by atoms with Gasteiger partial charge in [0.1, 0.15) is 12.1 Å². The molecule has 3 aliphatic rings. The number of amides is 6. The van der Waals surface area contributed by atoms with Gasteiger partial charge in [-0.05, 0) is 55.2 Å². The van der Waals surface area contributed by atoms with Gasteiger partial charge in [0.15, 0.2) is 6.61 Å². The van der Waals surface area contributed by atoms with Gasteiger partial charge in [-0.15, -0.1) is 0 Å². The molecular formula is C25H30N4O7. The molecule has 11 nitrogen and oxygen atoms in total. The molecule has 2 heterocycles. The van der Waals surface area contributed by atoms with E-state index in [4.69, 9.17) is 4.74 Å². The second-order valence-corrected chi connectivity index (χ2v) is 10.7. The highest BCUT2D eigenvalue weighted by Crippen LogP contribution is 2.43. The van der Waals surface area contributed by atoms with Crippen molar-refractivity contribution in [2.24, 2.45) is 11.3 Å². The Morgan fingerprint density at radius 3 is 2.36 bits per heavy atom. The largest absolute Gasteiger partial charge is 0.454 e. The number of nitrogens with zero attached hydrogens (tertiary/aromatic N) is 2. The Bertz CT molecular complexity index is 1160. The molecule has 6 amide bonds. The summed E-state index contributed by atoms with van der Waals surface area (Å²) in [4.78, 5) is 75.9. The molecule has 2 N–H and O–H groups in total. The van der Waals surface area contributed by atoms with Crippen LogP contribution in [0.5, 0.6) is 0 Å². The molecule has 1 aromatic rings. The number of esters is 1. The molecule has 1 aromatic carbocycles. The molecule has 0 radical (unpaired) electrons. The first-order valence-electron chi connectivity index (χ1n) is 11.9. The summed E-state index contributed by atoms with van der Waals surface area (Å²) in [5, 5.41) is 5.26. The molecule has 192 valence electrons. The molecule has 0 atom stereocenters. The normalized spacial score (nSPS) is 23.7. The molecule has 0 unspecified atom stereocenters. The van der Waals surface area contributed by atoms with E-state index >= 15 is 0 Å². The van der Waals surface area contributed by atoms with Gasteiger partial charge in [0.05, 0.1) is 11.1 Å². The minimum atomic E-state index is -0.989. The number of anilines is 1. The van der Waals surface area contributed by atoms with Gasteiger partial charge in [-0.25, -0.2) is 4.79 Å². The summed E-state index contributed by atoms with van der Waals surface area (Å²) in [7, 11) is 1.37. The third-order valence-corrected chi connectivity index (χ3v) is 7.33. The van der Waals surface area contributed by atoms with E-state index in [1.807, 2.05) is 0 Å². The number of carbonyl (C=O) groups excluding carboxylic acids is 6. The molecule has 4 rings (SSSR count). The molecule has 0 aromatic heterocycles. The van der Waals surface area contributed by atoms with Crippen LogP contribution in [-0.2, 0) is 19.1 Å². The number of hydrogen-bond donors (Lipinski definition) is 2. The Morgan fingerprint density at radius 2 is 1.72 bits per heavy atom.